The fourth-order valence-corrected chi connectivity index (χ4v) is 5.14. The lowest BCUT2D eigenvalue weighted by Gasteiger charge is -2.28. The Labute approximate surface area is 159 Å². The lowest BCUT2D eigenvalue weighted by Crippen LogP contribution is -2.37. The Morgan fingerprint density at radius 1 is 1.11 bits per heavy atom. The van der Waals surface area contributed by atoms with Crippen molar-refractivity contribution in [3.05, 3.63) is 35.9 Å². The summed E-state index contributed by atoms with van der Waals surface area (Å²) in [5.41, 5.74) is 0.524. The van der Waals surface area contributed by atoms with E-state index < -0.39 is 0 Å². The number of fused-ring (bicyclic) bond motifs is 5. The zero-order valence-electron chi connectivity index (χ0n) is 15.8. The van der Waals surface area contributed by atoms with Crippen molar-refractivity contribution in [2.75, 3.05) is 27.2 Å². The summed E-state index contributed by atoms with van der Waals surface area (Å²) in [6.07, 6.45) is 2.02. The number of carbonyl (C=O) groups is 3. The van der Waals surface area contributed by atoms with Crippen LogP contribution in [0, 0.1) is 23.7 Å². The molecule has 0 radical (unpaired) electrons. The van der Waals surface area contributed by atoms with Crippen LogP contribution in [0.4, 0.5) is 0 Å². The summed E-state index contributed by atoms with van der Waals surface area (Å²) in [6.45, 7) is 1.33. The third-order valence-electron chi connectivity index (χ3n) is 6.30. The van der Waals surface area contributed by atoms with Gasteiger partial charge in [-0.1, -0.05) is 18.2 Å². The second-order valence-electron chi connectivity index (χ2n) is 8.24. The van der Waals surface area contributed by atoms with Gasteiger partial charge in [-0.2, -0.15) is 0 Å². The molecule has 1 aliphatic heterocycles. The van der Waals surface area contributed by atoms with E-state index in [1.54, 1.807) is 24.3 Å². The van der Waals surface area contributed by atoms with E-state index in [1.165, 1.54) is 4.90 Å². The molecule has 144 valence electrons. The van der Waals surface area contributed by atoms with Gasteiger partial charge in [0.15, 0.2) is 0 Å². The number of amides is 2. The Bertz CT molecular complexity index is 748. The molecule has 2 bridgehead atoms. The minimum atomic E-state index is -0.343. The average molecular weight is 370 g/mol. The minimum Gasteiger partial charge on any atom is -0.458 e. The first kappa shape index (κ1) is 18.2. The molecule has 2 amide bonds. The smallest absolute Gasteiger partial charge is 0.338 e. The van der Waals surface area contributed by atoms with Crippen molar-refractivity contribution in [1.82, 2.24) is 9.80 Å². The molecule has 0 N–H and O–H groups in total. The molecule has 0 unspecified atom stereocenters. The fourth-order valence-electron chi connectivity index (χ4n) is 5.14. The monoisotopic (exact) mass is 370 g/mol. The van der Waals surface area contributed by atoms with Crippen LogP contribution in [0.5, 0.6) is 0 Å². The third kappa shape index (κ3) is 3.16. The van der Waals surface area contributed by atoms with Gasteiger partial charge >= 0.3 is 5.97 Å². The number of imide groups is 1. The van der Waals surface area contributed by atoms with Crippen molar-refractivity contribution >= 4 is 17.8 Å². The maximum Gasteiger partial charge on any atom is 0.338 e. The summed E-state index contributed by atoms with van der Waals surface area (Å²) in [4.78, 5) is 41.6. The van der Waals surface area contributed by atoms with Gasteiger partial charge in [0, 0.05) is 12.5 Å². The van der Waals surface area contributed by atoms with E-state index in [2.05, 4.69) is 4.90 Å². The van der Waals surface area contributed by atoms with Gasteiger partial charge in [-0.25, -0.2) is 4.79 Å². The zero-order chi connectivity index (χ0) is 19.1. The quantitative estimate of drug-likeness (QED) is 0.564. The normalized spacial score (nSPS) is 31.7. The van der Waals surface area contributed by atoms with Crippen LogP contribution in [-0.2, 0) is 14.3 Å². The molecule has 1 saturated heterocycles. The molecule has 5 atom stereocenters. The van der Waals surface area contributed by atoms with Crippen LogP contribution in [-0.4, -0.2) is 60.9 Å². The minimum absolute atomic E-state index is 0.0101. The summed E-state index contributed by atoms with van der Waals surface area (Å²) in [5.74, 6) is -0.783. The van der Waals surface area contributed by atoms with E-state index in [4.69, 9.17) is 4.74 Å². The van der Waals surface area contributed by atoms with Crippen LogP contribution in [0.3, 0.4) is 0 Å². The standard InChI is InChI=1S/C21H26N2O4/c1-22(2)9-6-10-23-19(24)17-14-11-15(18(17)20(23)25)16(12-14)27-21(26)13-7-4-3-5-8-13/h3-5,7-8,14-18H,6,9-12H2,1-2H3/t14-,15+,16-,17+,18-/m1/s1. The molecule has 3 aliphatic rings. The molecule has 2 saturated carbocycles. The van der Waals surface area contributed by atoms with E-state index in [9.17, 15) is 14.4 Å². The molecule has 0 aromatic heterocycles. The first-order chi connectivity index (χ1) is 13.0. The molecule has 6 heteroatoms. The Morgan fingerprint density at radius 3 is 2.52 bits per heavy atom. The van der Waals surface area contributed by atoms with E-state index in [-0.39, 0.29) is 47.6 Å². The van der Waals surface area contributed by atoms with E-state index in [0.717, 1.165) is 19.4 Å². The molecule has 6 nitrogen and oxygen atoms in total. The van der Waals surface area contributed by atoms with Crippen LogP contribution < -0.4 is 0 Å². The molecule has 0 spiro atoms. The number of carbonyl (C=O) groups excluding carboxylic acids is 3. The zero-order valence-corrected chi connectivity index (χ0v) is 15.8. The number of benzene rings is 1. The highest BCUT2D eigenvalue weighted by molar-refractivity contribution is 6.06. The largest absolute Gasteiger partial charge is 0.458 e. The van der Waals surface area contributed by atoms with E-state index >= 15 is 0 Å². The predicted octanol–water partition coefficient (Wildman–Crippen LogP) is 1.80. The number of hydrogen-bond donors (Lipinski definition) is 0. The number of hydrogen-bond acceptors (Lipinski definition) is 5. The average Bonchev–Trinajstić information content (AvgIpc) is 3.29. The lowest BCUT2D eigenvalue weighted by molar-refractivity contribution is -0.141. The van der Waals surface area contributed by atoms with Crippen LogP contribution in [0.2, 0.25) is 0 Å². The molecular weight excluding hydrogens is 344 g/mol. The summed E-state index contributed by atoms with van der Waals surface area (Å²) in [5, 5.41) is 0. The van der Waals surface area contributed by atoms with Gasteiger partial charge in [0.25, 0.3) is 0 Å². The maximum atomic E-state index is 12.9. The SMILES string of the molecule is CN(C)CCCN1C(=O)[C@@H]2[C@H]3C[C@H](C[C@H]3OC(=O)c3ccccc3)[C@@H]2C1=O. The number of nitrogens with zero attached hydrogens (tertiary/aromatic N) is 2. The van der Waals surface area contributed by atoms with Gasteiger partial charge in [0.05, 0.1) is 17.4 Å². The van der Waals surface area contributed by atoms with Crippen molar-refractivity contribution in [2.24, 2.45) is 23.7 Å². The highest BCUT2D eigenvalue weighted by atomic mass is 16.5. The molecule has 2 aliphatic carbocycles. The molecule has 1 heterocycles. The van der Waals surface area contributed by atoms with Gasteiger partial charge in [0.2, 0.25) is 11.8 Å². The lowest BCUT2D eigenvalue weighted by atomic mass is 9.79. The van der Waals surface area contributed by atoms with Gasteiger partial charge in [0.1, 0.15) is 6.10 Å². The van der Waals surface area contributed by atoms with Crippen molar-refractivity contribution in [3.63, 3.8) is 0 Å². The summed E-state index contributed by atoms with van der Waals surface area (Å²) in [6, 6.07) is 8.92. The van der Waals surface area contributed by atoms with Crippen LogP contribution in [0.1, 0.15) is 29.6 Å². The first-order valence-corrected chi connectivity index (χ1v) is 9.73. The second kappa shape index (κ2) is 7.08. The van der Waals surface area contributed by atoms with Crippen LogP contribution >= 0.6 is 0 Å². The first-order valence-electron chi connectivity index (χ1n) is 9.73. The van der Waals surface area contributed by atoms with Crippen molar-refractivity contribution in [2.45, 2.75) is 25.4 Å². The number of likely N-dealkylation sites (tertiary alicyclic amines) is 1. The highest BCUT2D eigenvalue weighted by Gasteiger charge is 2.64. The van der Waals surface area contributed by atoms with Gasteiger partial charge in [-0.3, -0.25) is 14.5 Å². The molecule has 4 rings (SSSR count). The molecule has 1 aromatic rings. The van der Waals surface area contributed by atoms with Crippen molar-refractivity contribution < 1.29 is 19.1 Å². The van der Waals surface area contributed by atoms with Gasteiger partial charge < -0.3 is 9.64 Å². The number of rotatable bonds is 6. The van der Waals surface area contributed by atoms with E-state index in [1.807, 2.05) is 20.2 Å². The Hall–Kier alpha value is -2.21. The number of esters is 1. The molecule has 1 aromatic carbocycles. The van der Waals surface area contributed by atoms with Gasteiger partial charge in [-0.15, -0.1) is 0 Å². The fraction of sp³-hybridized carbons (Fsp3) is 0.571. The maximum absolute atomic E-state index is 12.9. The summed E-state index contributed by atoms with van der Waals surface area (Å²) < 4.78 is 5.74. The Morgan fingerprint density at radius 2 is 1.81 bits per heavy atom. The molecule has 3 fully saturated rings. The third-order valence-corrected chi connectivity index (χ3v) is 6.30. The number of ether oxygens (including phenoxy) is 1. The predicted molar refractivity (Wildman–Crippen MR) is 98.7 cm³/mol. The second-order valence-corrected chi connectivity index (χ2v) is 8.24. The Balaban J connectivity index is 1.43. The molecular formula is C21H26N2O4. The van der Waals surface area contributed by atoms with Crippen LogP contribution in [0.25, 0.3) is 0 Å². The highest BCUT2D eigenvalue weighted by Crippen LogP contribution is 2.57. The van der Waals surface area contributed by atoms with E-state index in [0.29, 0.717) is 18.5 Å². The molecule has 27 heavy (non-hydrogen) atoms. The topological polar surface area (TPSA) is 66.9 Å². The van der Waals surface area contributed by atoms with Crippen LogP contribution in [0.15, 0.2) is 30.3 Å². The summed E-state index contributed by atoms with van der Waals surface area (Å²) >= 11 is 0. The van der Waals surface area contributed by atoms with Crippen molar-refractivity contribution in [3.8, 4) is 0 Å². The Kier molecular flexibility index (Phi) is 4.76. The van der Waals surface area contributed by atoms with Crippen molar-refractivity contribution in [1.29, 1.82) is 0 Å². The van der Waals surface area contributed by atoms with Gasteiger partial charge in [-0.05, 0) is 58.0 Å². The summed E-state index contributed by atoms with van der Waals surface area (Å²) in [7, 11) is 3.96.